The summed E-state index contributed by atoms with van der Waals surface area (Å²) >= 11 is 0. The lowest BCUT2D eigenvalue weighted by molar-refractivity contribution is 0.901. The van der Waals surface area contributed by atoms with E-state index in [4.69, 9.17) is 0 Å². The number of hydrogen-bond acceptors (Lipinski definition) is 2. The van der Waals surface area contributed by atoms with Crippen molar-refractivity contribution in [2.45, 2.75) is 6.92 Å². The van der Waals surface area contributed by atoms with Crippen LogP contribution in [0.5, 0.6) is 0 Å². The van der Waals surface area contributed by atoms with Gasteiger partial charge in [-0.05, 0) is 13.0 Å². The Kier molecular flexibility index (Phi) is 1.18. The molecule has 0 saturated heterocycles. The highest BCUT2D eigenvalue weighted by atomic mass is 15.0. The molecule has 3 nitrogen and oxygen atoms in total. The number of aromatic nitrogens is 3. The molecule has 0 aliphatic carbocycles. The molecule has 0 radical (unpaired) electrons. The number of nitrogens with zero attached hydrogens (tertiary/aromatic N) is 3. The van der Waals surface area contributed by atoms with E-state index in [0.29, 0.717) is 0 Å². The van der Waals surface area contributed by atoms with Gasteiger partial charge < -0.3 is 4.57 Å². The third kappa shape index (κ3) is 0.808. The predicted molar refractivity (Wildman–Crippen MR) is 43.2 cm³/mol. The highest BCUT2D eigenvalue weighted by molar-refractivity contribution is 5.71. The summed E-state index contributed by atoms with van der Waals surface area (Å²) in [5.41, 5.74) is 3.10. The summed E-state index contributed by atoms with van der Waals surface area (Å²) in [6.45, 7) is 2.04. The Morgan fingerprint density at radius 2 is 2.00 bits per heavy atom. The minimum atomic E-state index is 0.949. The van der Waals surface area contributed by atoms with Crippen molar-refractivity contribution in [3.05, 3.63) is 24.2 Å². The van der Waals surface area contributed by atoms with E-state index < -0.39 is 0 Å². The van der Waals surface area contributed by atoms with Gasteiger partial charge in [0.2, 0.25) is 0 Å². The van der Waals surface area contributed by atoms with Crippen LogP contribution in [0.4, 0.5) is 0 Å². The smallest absolute Gasteiger partial charge is 0.158 e. The molecule has 0 bridgehead atoms. The molecular formula is C8H9N3. The van der Waals surface area contributed by atoms with Crippen LogP contribution in [0.1, 0.15) is 5.69 Å². The highest BCUT2D eigenvalue weighted by Crippen LogP contribution is 2.11. The monoisotopic (exact) mass is 147 g/mol. The summed E-state index contributed by atoms with van der Waals surface area (Å²) in [4.78, 5) is 8.38. The first-order valence-corrected chi connectivity index (χ1v) is 3.52. The van der Waals surface area contributed by atoms with Crippen LogP contribution in [-0.2, 0) is 7.05 Å². The molecule has 0 atom stereocenters. The Morgan fingerprint density at radius 3 is 2.73 bits per heavy atom. The molecule has 3 heteroatoms. The van der Waals surface area contributed by atoms with Gasteiger partial charge in [-0.1, -0.05) is 0 Å². The third-order valence-corrected chi connectivity index (χ3v) is 1.90. The number of rotatable bonds is 0. The van der Waals surface area contributed by atoms with Crippen molar-refractivity contribution >= 4 is 11.2 Å². The third-order valence-electron chi connectivity index (χ3n) is 1.90. The van der Waals surface area contributed by atoms with Crippen molar-refractivity contribution in [1.29, 1.82) is 0 Å². The van der Waals surface area contributed by atoms with E-state index in [9.17, 15) is 0 Å². The summed E-state index contributed by atoms with van der Waals surface area (Å²) in [6, 6.07) is 2.03. The second-order valence-corrected chi connectivity index (χ2v) is 2.61. The first kappa shape index (κ1) is 6.34. The molecule has 0 aromatic carbocycles. The molecule has 11 heavy (non-hydrogen) atoms. The lowest BCUT2D eigenvalue weighted by Gasteiger charge is -1.94. The van der Waals surface area contributed by atoms with Gasteiger partial charge in [0.15, 0.2) is 5.65 Å². The van der Waals surface area contributed by atoms with Gasteiger partial charge in [-0.3, -0.25) is 4.98 Å². The normalized spacial score (nSPS) is 10.7. The van der Waals surface area contributed by atoms with Gasteiger partial charge in [-0.2, -0.15) is 0 Å². The fourth-order valence-corrected chi connectivity index (χ4v) is 1.16. The first-order chi connectivity index (χ1) is 5.29. The fraction of sp³-hybridized carbons (Fsp3) is 0.250. The number of hydrogen-bond donors (Lipinski definition) is 0. The second kappa shape index (κ2) is 2.05. The van der Waals surface area contributed by atoms with Crippen LogP contribution < -0.4 is 0 Å². The quantitative estimate of drug-likeness (QED) is 0.562. The van der Waals surface area contributed by atoms with Crippen LogP contribution in [0.3, 0.4) is 0 Å². The van der Waals surface area contributed by atoms with Crippen LogP contribution in [0.15, 0.2) is 18.5 Å². The molecule has 2 rings (SSSR count). The standard InChI is InChI=1S/C8H9N3/c1-6-5-7-8(11(6)2)10-4-3-9-7/h3-5H,1-2H3. The predicted octanol–water partition coefficient (Wildman–Crippen LogP) is 1.28. The maximum absolute atomic E-state index is 4.20. The Bertz CT molecular complexity index is 389. The summed E-state index contributed by atoms with van der Waals surface area (Å²) < 4.78 is 2.03. The lowest BCUT2D eigenvalue weighted by Crippen LogP contribution is -1.91. The van der Waals surface area contributed by atoms with E-state index in [1.54, 1.807) is 12.4 Å². The molecule has 0 N–H and O–H groups in total. The van der Waals surface area contributed by atoms with Crippen LogP contribution in [-0.4, -0.2) is 14.5 Å². The average Bonchev–Trinajstić information content (AvgIpc) is 2.30. The molecule has 0 fully saturated rings. The molecule has 0 aliphatic heterocycles. The zero-order valence-corrected chi connectivity index (χ0v) is 6.57. The van der Waals surface area contributed by atoms with E-state index >= 15 is 0 Å². The molecule has 0 saturated carbocycles. The zero-order valence-electron chi connectivity index (χ0n) is 6.57. The van der Waals surface area contributed by atoms with Crippen molar-refractivity contribution in [3.63, 3.8) is 0 Å². The van der Waals surface area contributed by atoms with Crippen molar-refractivity contribution in [2.75, 3.05) is 0 Å². The van der Waals surface area contributed by atoms with Crippen LogP contribution >= 0.6 is 0 Å². The molecular weight excluding hydrogens is 138 g/mol. The summed E-state index contributed by atoms with van der Waals surface area (Å²) in [5, 5.41) is 0. The van der Waals surface area contributed by atoms with Gasteiger partial charge in [-0.15, -0.1) is 0 Å². The Balaban J connectivity index is 2.92. The van der Waals surface area contributed by atoms with Crippen LogP contribution in [0, 0.1) is 6.92 Å². The minimum absolute atomic E-state index is 0.949. The molecule has 2 aromatic heterocycles. The van der Waals surface area contributed by atoms with Gasteiger partial charge in [0.05, 0.1) is 0 Å². The molecule has 0 amide bonds. The van der Waals surface area contributed by atoms with Gasteiger partial charge in [0, 0.05) is 25.1 Å². The van der Waals surface area contributed by atoms with Crippen molar-refractivity contribution in [3.8, 4) is 0 Å². The Hall–Kier alpha value is -1.38. The van der Waals surface area contributed by atoms with Gasteiger partial charge in [0.1, 0.15) is 5.52 Å². The number of aryl methyl sites for hydroxylation is 2. The van der Waals surface area contributed by atoms with E-state index in [0.717, 1.165) is 11.2 Å². The maximum atomic E-state index is 4.20. The maximum Gasteiger partial charge on any atom is 0.158 e. The summed E-state index contributed by atoms with van der Waals surface area (Å²) in [5.74, 6) is 0. The largest absolute Gasteiger partial charge is 0.332 e. The fourth-order valence-electron chi connectivity index (χ4n) is 1.16. The first-order valence-electron chi connectivity index (χ1n) is 3.52. The Morgan fingerprint density at radius 1 is 1.27 bits per heavy atom. The van der Waals surface area contributed by atoms with E-state index in [-0.39, 0.29) is 0 Å². The van der Waals surface area contributed by atoms with E-state index in [1.807, 2.05) is 24.6 Å². The summed E-state index contributed by atoms with van der Waals surface area (Å²) in [6.07, 6.45) is 3.42. The van der Waals surface area contributed by atoms with E-state index in [1.165, 1.54) is 5.69 Å². The SMILES string of the molecule is Cc1cc2nccnc2n1C. The van der Waals surface area contributed by atoms with Crippen molar-refractivity contribution in [1.82, 2.24) is 14.5 Å². The van der Waals surface area contributed by atoms with Crippen LogP contribution in [0.2, 0.25) is 0 Å². The van der Waals surface area contributed by atoms with Gasteiger partial charge >= 0.3 is 0 Å². The molecule has 2 aromatic rings. The van der Waals surface area contributed by atoms with Crippen molar-refractivity contribution < 1.29 is 0 Å². The molecule has 0 unspecified atom stereocenters. The average molecular weight is 147 g/mol. The second-order valence-electron chi connectivity index (χ2n) is 2.61. The molecule has 56 valence electrons. The zero-order chi connectivity index (χ0) is 7.84. The minimum Gasteiger partial charge on any atom is -0.332 e. The van der Waals surface area contributed by atoms with Gasteiger partial charge in [0.25, 0.3) is 0 Å². The van der Waals surface area contributed by atoms with E-state index in [2.05, 4.69) is 9.97 Å². The topological polar surface area (TPSA) is 30.7 Å². The van der Waals surface area contributed by atoms with Crippen molar-refractivity contribution in [2.24, 2.45) is 7.05 Å². The lowest BCUT2D eigenvalue weighted by atomic mass is 10.4. The van der Waals surface area contributed by atoms with Gasteiger partial charge in [-0.25, -0.2) is 4.98 Å². The molecule has 2 heterocycles. The molecule has 0 spiro atoms. The Labute approximate surface area is 64.7 Å². The number of fused-ring (bicyclic) bond motifs is 1. The molecule has 0 aliphatic rings. The van der Waals surface area contributed by atoms with Crippen LogP contribution in [0.25, 0.3) is 11.2 Å². The summed E-state index contributed by atoms with van der Waals surface area (Å²) in [7, 11) is 1.99. The highest BCUT2D eigenvalue weighted by Gasteiger charge is 2.01.